The number of hydrogen-bond donors (Lipinski definition) is 1. The molecule has 0 aromatic heterocycles. The Morgan fingerprint density at radius 1 is 1.25 bits per heavy atom. The van der Waals surface area contributed by atoms with Gasteiger partial charge in [-0.1, -0.05) is 12.1 Å². The fraction of sp³-hybridized carbons (Fsp3) is 0.647. The second kappa shape index (κ2) is 6.15. The lowest BCUT2D eigenvalue weighted by atomic mass is 9.75. The van der Waals surface area contributed by atoms with Crippen molar-refractivity contribution < 1.29 is 9.47 Å². The van der Waals surface area contributed by atoms with E-state index in [1.807, 2.05) is 0 Å². The van der Waals surface area contributed by atoms with Gasteiger partial charge in [0.15, 0.2) is 0 Å². The van der Waals surface area contributed by atoms with Crippen LogP contribution in [0.2, 0.25) is 0 Å². The molecule has 1 saturated heterocycles. The summed E-state index contributed by atoms with van der Waals surface area (Å²) in [4.78, 5) is 0. The highest BCUT2D eigenvalue weighted by Gasteiger charge is 2.33. The molecule has 3 rings (SSSR count). The van der Waals surface area contributed by atoms with E-state index in [4.69, 9.17) is 9.47 Å². The number of methoxy groups -OCH3 is 1. The van der Waals surface area contributed by atoms with E-state index in [1.165, 1.54) is 24.8 Å². The molecule has 3 nitrogen and oxygen atoms in total. The van der Waals surface area contributed by atoms with Crippen molar-refractivity contribution in [2.75, 3.05) is 20.3 Å². The highest BCUT2D eigenvalue weighted by Crippen LogP contribution is 2.38. The van der Waals surface area contributed by atoms with E-state index in [0.29, 0.717) is 23.9 Å². The third kappa shape index (κ3) is 2.99. The molecule has 1 aliphatic carbocycles. The van der Waals surface area contributed by atoms with Gasteiger partial charge in [0.25, 0.3) is 0 Å². The molecule has 0 amide bonds. The van der Waals surface area contributed by atoms with Crippen LogP contribution in [-0.2, 0) is 4.74 Å². The third-order valence-corrected chi connectivity index (χ3v) is 4.90. The van der Waals surface area contributed by atoms with Gasteiger partial charge in [0.2, 0.25) is 0 Å². The van der Waals surface area contributed by atoms with Gasteiger partial charge in [0.05, 0.1) is 13.7 Å². The monoisotopic (exact) mass is 275 g/mol. The minimum Gasteiger partial charge on any atom is -0.497 e. The Labute approximate surface area is 121 Å². The van der Waals surface area contributed by atoms with Crippen molar-refractivity contribution in [2.45, 2.75) is 44.2 Å². The second-order valence-corrected chi connectivity index (χ2v) is 6.22. The lowest BCUT2D eigenvalue weighted by molar-refractivity contribution is 0.170. The number of hydrogen-bond acceptors (Lipinski definition) is 3. The Kier molecular flexibility index (Phi) is 4.27. The standard InChI is InChI=1S/C17H25NO2/c1-12(14-7-8-20-11-14)18-16-9-15(10-16)13-3-5-17(19-2)6-4-13/h3-6,12,14-16,18H,7-11H2,1-2H3. The van der Waals surface area contributed by atoms with Gasteiger partial charge < -0.3 is 14.8 Å². The van der Waals surface area contributed by atoms with Gasteiger partial charge in [-0.25, -0.2) is 0 Å². The predicted octanol–water partition coefficient (Wildman–Crippen LogP) is 2.96. The summed E-state index contributed by atoms with van der Waals surface area (Å²) < 4.78 is 10.7. The fourth-order valence-corrected chi connectivity index (χ4v) is 3.36. The zero-order chi connectivity index (χ0) is 13.9. The summed E-state index contributed by atoms with van der Waals surface area (Å²) in [5.74, 6) is 2.36. The van der Waals surface area contributed by atoms with Crippen LogP contribution in [0.5, 0.6) is 5.75 Å². The van der Waals surface area contributed by atoms with E-state index in [2.05, 4.69) is 36.5 Å². The molecule has 1 N–H and O–H groups in total. The average Bonchev–Trinajstić information content (AvgIpc) is 2.96. The lowest BCUT2D eigenvalue weighted by Gasteiger charge is -2.39. The molecule has 1 saturated carbocycles. The second-order valence-electron chi connectivity index (χ2n) is 6.22. The molecule has 1 aromatic rings. The van der Waals surface area contributed by atoms with Crippen molar-refractivity contribution in [3.05, 3.63) is 29.8 Å². The van der Waals surface area contributed by atoms with E-state index in [9.17, 15) is 0 Å². The highest BCUT2D eigenvalue weighted by atomic mass is 16.5. The van der Waals surface area contributed by atoms with Crippen LogP contribution in [0.25, 0.3) is 0 Å². The van der Waals surface area contributed by atoms with Crippen LogP contribution < -0.4 is 10.1 Å². The maximum atomic E-state index is 5.47. The quantitative estimate of drug-likeness (QED) is 0.896. The molecule has 0 radical (unpaired) electrons. The maximum Gasteiger partial charge on any atom is 0.118 e. The normalized spacial score (nSPS) is 30.8. The van der Waals surface area contributed by atoms with Crippen LogP contribution in [-0.4, -0.2) is 32.4 Å². The summed E-state index contributed by atoms with van der Waals surface area (Å²) in [6.45, 7) is 4.18. The summed E-state index contributed by atoms with van der Waals surface area (Å²) in [7, 11) is 1.71. The summed E-state index contributed by atoms with van der Waals surface area (Å²) >= 11 is 0. The Morgan fingerprint density at radius 3 is 2.60 bits per heavy atom. The Bertz CT molecular complexity index is 419. The summed E-state index contributed by atoms with van der Waals surface area (Å²) in [5.41, 5.74) is 1.45. The molecule has 3 heteroatoms. The Hall–Kier alpha value is -1.06. The van der Waals surface area contributed by atoms with E-state index in [0.717, 1.165) is 19.0 Å². The molecular formula is C17H25NO2. The van der Waals surface area contributed by atoms with E-state index in [-0.39, 0.29) is 0 Å². The molecule has 2 atom stereocenters. The molecule has 110 valence electrons. The largest absolute Gasteiger partial charge is 0.497 e. The zero-order valence-corrected chi connectivity index (χ0v) is 12.5. The average molecular weight is 275 g/mol. The van der Waals surface area contributed by atoms with Gasteiger partial charge >= 0.3 is 0 Å². The van der Waals surface area contributed by atoms with E-state index in [1.54, 1.807) is 7.11 Å². The minimum absolute atomic E-state index is 0.583. The first-order chi connectivity index (χ1) is 9.76. The SMILES string of the molecule is COc1ccc(C2CC(NC(C)C3CCOC3)C2)cc1. The summed E-state index contributed by atoms with van der Waals surface area (Å²) in [6, 6.07) is 9.79. The molecule has 2 aliphatic rings. The van der Waals surface area contributed by atoms with Crippen molar-refractivity contribution in [1.29, 1.82) is 0 Å². The minimum atomic E-state index is 0.583. The Balaban J connectivity index is 1.45. The molecule has 0 spiro atoms. The molecule has 1 aliphatic heterocycles. The van der Waals surface area contributed by atoms with Crippen LogP contribution in [0, 0.1) is 5.92 Å². The van der Waals surface area contributed by atoms with Crippen LogP contribution in [0.15, 0.2) is 24.3 Å². The third-order valence-electron chi connectivity index (χ3n) is 4.90. The topological polar surface area (TPSA) is 30.5 Å². The summed E-state index contributed by atoms with van der Waals surface area (Å²) in [6.07, 6.45) is 3.72. The molecule has 1 heterocycles. The summed E-state index contributed by atoms with van der Waals surface area (Å²) in [5, 5.41) is 3.78. The fourth-order valence-electron chi connectivity index (χ4n) is 3.36. The number of rotatable bonds is 5. The van der Waals surface area contributed by atoms with Gasteiger partial charge in [-0.15, -0.1) is 0 Å². The van der Waals surface area contributed by atoms with E-state index >= 15 is 0 Å². The van der Waals surface area contributed by atoms with E-state index < -0.39 is 0 Å². The van der Waals surface area contributed by atoms with Crippen molar-refractivity contribution >= 4 is 0 Å². The number of benzene rings is 1. The molecule has 2 fully saturated rings. The molecule has 1 aromatic carbocycles. The molecule has 20 heavy (non-hydrogen) atoms. The van der Waals surface area contributed by atoms with Crippen molar-refractivity contribution in [3.8, 4) is 5.75 Å². The van der Waals surface area contributed by atoms with Crippen LogP contribution in [0.4, 0.5) is 0 Å². The van der Waals surface area contributed by atoms with Crippen molar-refractivity contribution in [1.82, 2.24) is 5.32 Å². The van der Waals surface area contributed by atoms with Crippen LogP contribution >= 0.6 is 0 Å². The smallest absolute Gasteiger partial charge is 0.118 e. The zero-order valence-electron chi connectivity index (χ0n) is 12.5. The van der Waals surface area contributed by atoms with Crippen molar-refractivity contribution in [3.63, 3.8) is 0 Å². The first-order valence-corrected chi connectivity index (χ1v) is 7.74. The van der Waals surface area contributed by atoms with Gasteiger partial charge in [-0.05, 0) is 55.7 Å². The molecule has 0 bridgehead atoms. The van der Waals surface area contributed by atoms with Crippen LogP contribution in [0.1, 0.15) is 37.7 Å². The molecule has 2 unspecified atom stereocenters. The van der Waals surface area contributed by atoms with Crippen LogP contribution in [0.3, 0.4) is 0 Å². The van der Waals surface area contributed by atoms with Gasteiger partial charge in [-0.3, -0.25) is 0 Å². The first kappa shape index (κ1) is 13.9. The number of nitrogens with one attached hydrogen (secondary N) is 1. The lowest BCUT2D eigenvalue weighted by Crippen LogP contribution is -2.47. The first-order valence-electron chi connectivity index (χ1n) is 7.74. The molecular weight excluding hydrogens is 250 g/mol. The Morgan fingerprint density at radius 2 is 2.00 bits per heavy atom. The predicted molar refractivity (Wildman–Crippen MR) is 80.3 cm³/mol. The van der Waals surface area contributed by atoms with Gasteiger partial charge in [-0.2, -0.15) is 0 Å². The highest BCUT2D eigenvalue weighted by molar-refractivity contribution is 5.30. The maximum absolute atomic E-state index is 5.47. The van der Waals surface area contributed by atoms with Crippen molar-refractivity contribution in [2.24, 2.45) is 5.92 Å². The van der Waals surface area contributed by atoms with Gasteiger partial charge in [0.1, 0.15) is 5.75 Å². The van der Waals surface area contributed by atoms with Gasteiger partial charge in [0, 0.05) is 18.7 Å². The number of ether oxygens (including phenoxy) is 2.